The molecule has 0 aliphatic carbocycles. The number of carbonyl (C=O) groups is 1. The molecule has 0 saturated heterocycles. The summed E-state index contributed by atoms with van der Waals surface area (Å²) in [6.07, 6.45) is 3.41. The van der Waals surface area contributed by atoms with Crippen molar-refractivity contribution < 1.29 is 9.53 Å². The summed E-state index contributed by atoms with van der Waals surface area (Å²) in [5, 5.41) is 0.540. The molecular weight excluding hydrogens is 420 g/mol. The number of carbonyl (C=O) groups excluding carboxylic acids is 1. The van der Waals surface area contributed by atoms with Crippen LogP contribution < -0.4 is 9.64 Å². The maximum absolute atomic E-state index is 13.5. The molecule has 4 aromatic rings. The van der Waals surface area contributed by atoms with Crippen LogP contribution in [0.15, 0.2) is 91.3 Å². The fourth-order valence-corrected chi connectivity index (χ4v) is 3.67. The normalized spacial score (nSPS) is 11.8. The summed E-state index contributed by atoms with van der Waals surface area (Å²) >= 11 is 6.25. The molecule has 5 heteroatoms. The molecule has 154 valence electrons. The van der Waals surface area contributed by atoms with Gasteiger partial charge in [0.25, 0.3) is 5.91 Å². The van der Waals surface area contributed by atoms with Gasteiger partial charge in [-0.2, -0.15) is 0 Å². The van der Waals surface area contributed by atoms with E-state index in [4.69, 9.17) is 16.3 Å². The van der Waals surface area contributed by atoms with Gasteiger partial charge in [-0.1, -0.05) is 41.6 Å². The Kier molecular flexibility index (Phi) is 5.33. The summed E-state index contributed by atoms with van der Waals surface area (Å²) in [4.78, 5) is 19.2. The Bertz CT molecular complexity index is 1360. The number of aromatic nitrogens is 1. The first-order valence-corrected chi connectivity index (χ1v) is 10.4. The van der Waals surface area contributed by atoms with Crippen molar-refractivity contribution in [2.75, 3.05) is 4.90 Å². The van der Waals surface area contributed by atoms with E-state index in [0.29, 0.717) is 28.6 Å². The fourth-order valence-electron chi connectivity index (χ4n) is 3.51. The molecule has 0 bridgehead atoms. The van der Waals surface area contributed by atoms with Gasteiger partial charge in [-0.15, -0.1) is 0 Å². The topological polar surface area (TPSA) is 42.4 Å². The van der Waals surface area contributed by atoms with Crippen LogP contribution in [0.2, 0.25) is 5.02 Å². The maximum Gasteiger partial charge on any atom is 0.258 e. The van der Waals surface area contributed by atoms with Crippen molar-refractivity contribution in [3.05, 3.63) is 119 Å². The largest absolute Gasteiger partial charge is 0.455 e. The number of anilines is 1. The molecule has 1 aromatic heterocycles. The van der Waals surface area contributed by atoms with Crippen LogP contribution in [0.4, 0.5) is 5.69 Å². The van der Waals surface area contributed by atoms with Crippen LogP contribution in [0.3, 0.4) is 0 Å². The highest BCUT2D eigenvalue weighted by Crippen LogP contribution is 2.40. The molecule has 0 atom stereocenters. The number of nitrogens with zero attached hydrogens (tertiary/aromatic N) is 2. The average Bonchev–Trinajstić information content (AvgIpc) is 3.00. The SMILES string of the molecule is O=C(c1ccc(C#Cc2ccncc2)cc1)N1Cc2ccccc2Oc2ccc(Cl)cc21. The van der Waals surface area contributed by atoms with Gasteiger partial charge in [0, 0.05) is 39.7 Å². The van der Waals surface area contributed by atoms with Crippen molar-refractivity contribution in [3.63, 3.8) is 0 Å². The second-order valence-corrected chi connectivity index (χ2v) is 7.71. The number of rotatable bonds is 1. The number of hydrogen-bond acceptors (Lipinski definition) is 3. The average molecular weight is 437 g/mol. The van der Waals surface area contributed by atoms with E-state index in [-0.39, 0.29) is 5.91 Å². The summed E-state index contributed by atoms with van der Waals surface area (Å²) in [6.45, 7) is 0.381. The molecule has 4 nitrogen and oxygen atoms in total. The fraction of sp³-hybridized carbons (Fsp3) is 0.0370. The van der Waals surface area contributed by atoms with E-state index in [1.807, 2.05) is 48.5 Å². The third-order valence-corrected chi connectivity index (χ3v) is 5.38. The van der Waals surface area contributed by atoms with Crippen LogP contribution in [0.5, 0.6) is 11.5 Å². The van der Waals surface area contributed by atoms with E-state index in [1.165, 1.54) is 0 Å². The molecule has 1 aliphatic rings. The Morgan fingerprint density at radius 1 is 0.875 bits per heavy atom. The van der Waals surface area contributed by atoms with Crippen molar-refractivity contribution >= 4 is 23.2 Å². The number of ether oxygens (including phenoxy) is 1. The lowest BCUT2D eigenvalue weighted by atomic mass is 10.1. The summed E-state index contributed by atoms with van der Waals surface area (Å²) in [6, 6.07) is 24.0. The molecule has 5 rings (SSSR count). The van der Waals surface area contributed by atoms with Gasteiger partial charge in [-0.3, -0.25) is 9.78 Å². The minimum atomic E-state index is -0.137. The zero-order chi connectivity index (χ0) is 21.9. The smallest absolute Gasteiger partial charge is 0.258 e. The molecule has 0 radical (unpaired) electrons. The highest BCUT2D eigenvalue weighted by atomic mass is 35.5. The van der Waals surface area contributed by atoms with Crippen molar-refractivity contribution in [3.8, 4) is 23.3 Å². The maximum atomic E-state index is 13.5. The predicted molar refractivity (Wildman–Crippen MR) is 125 cm³/mol. The predicted octanol–water partition coefficient (Wildman–Crippen LogP) is 6.09. The van der Waals surface area contributed by atoms with Gasteiger partial charge < -0.3 is 9.64 Å². The number of benzene rings is 3. The third kappa shape index (κ3) is 4.07. The summed E-state index contributed by atoms with van der Waals surface area (Å²) in [5.41, 5.74) is 3.83. The van der Waals surface area contributed by atoms with Gasteiger partial charge in [0.2, 0.25) is 0 Å². The molecule has 1 aliphatic heterocycles. The lowest BCUT2D eigenvalue weighted by molar-refractivity contribution is 0.0985. The van der Waals surface area contributed by atoms with E-state index >= 15 is 0 Å². The Balaban J connectivity index is 1.47. The zero-order valence-corrected chi connectivity index (χ0v) is 17.7. The van der Waals surface area contributed by atoms with E-state index in [1.54, 1.807) is 47.6 Å². The minimum absolute atomic E-state index is 0.137. The molecule has 32 heavy (non-hydrogen) atoms. The number of amides is 1. The Labute approximate surface area is 191 Å². The molecular formula is C27H17ClN2O2. The first-order chi connectivity index (χ1) is 15.7. The number of pyridine rings is 1. The van der Waals surface area contributed by atoms with Crippen molar-refractivity contribution in [2.24, 2.45) is 0 Å². The van der Waals surface area contributed by atoms with E-state index in [9.17, 15) is 4.79 Å². The lowest BCUT2D eigenvalue weighted by Crippen LogP contribution is -2.29. The number of hydrogen-bond donors (Lipinski definition) is 0. The van der Waals surface area contributed by atoms with Crippen molar-refractivity contribution in [1.29, 1.82) is 0 Å². The lowest BCUT2D eigenvalue weighted by Gasteiger charge is -2.22. The minimum Gasteiger partial charge on any atom is -0.455 e. The van der Waals surface area contributed by atoms with Gasteiger partial charge in [-0.25, -0.2) is 0 Å². The summed E-state index contributed by atoms with van der Waals surface area (Å²) in [7, 11) is 0. The Hall–Kier alpha value is -4.07. The van der Waals surface area contributed by atoms with Crippen LogP contribution >= 0.6 is 11.6 Å². The van der Waals surface area contributed by atoms with Crippen molar-refractivity contribution in [2.45, 2.75) is 6.54 Å². The molecule has 0 unspecified atom stereocenters. The standard InChI is InChI=1S/C27H17ClN2O2/c28-23-11-12-26-24(17-23)30(18-22-3-1-2-4-25(22)32-26)27(31)21-9-7-19(8-10-21)5-6-20-13-15-29-16-14-20/h1-4,7-17H,18H2. The molecule has 0 fully saturated rings. The van der Waals surface area contributed by atoms with Gasteiger partial charge in [-0.05, 0) is 60.7 Å². The zero-order valence-electron chi connectivity index (χ0n) is 17.0. The van der Waals surface area contributed by atoms with Crippen molar-refractivity contribution in [1.82, 2.24) is 4.98 Å². The first-order valence-electron chi connectivity index (χ1n) is 10.1. The van der Waals surface area contributed by atoms with Crippen LogP contribution in [0, 0.1) is 11.8 Å². The second kappa shape index (κ2) is 8.58. The van der Waals surface area contributed by atoms with Crippen LogP contribution in [0.1, 0.15) is 27.0 Å². The number of halogens is 1. The van der Waals surface area contributed by atoms with Gasteiger partial charge >= 0.3 is 0 Å². The van der Waals surface area contributed by atoms with Crippen LogP contribution in [-0.4, -0.2) is 10.9 Å². The molecule has 2 heterocycles. The summed E-state index contributed by atoms with van der Waals surface area (Å²) < 4.78 is 6.09. The summed E-state index contributed by atoms with van der Waals surface area (Å²) in [5.74, 6) is 7.39. The number of fused-ring (bicyclic) bond motifs is 2. The molecule has 0 spiro atoms. The second-order valence-electron chi connectivity index (χ2n) is 7.28. The number of para-hydroxylation sites is 1. The molecule has 1 amide bonds. The first kappa shape index (κ1) is 19.9. The van der Waals surface area contributed by atoms with E-state index in [2.05, 4.69) is 16.8 Å². The Morgan fingerprint density at radius 3 is 2.38 bits per heavy atom. The quantitative estimate of drug-likeness (QED) is 0.339. The molecule has 3 aromatic carbocycles. The highest BCUT2D eigenvalue weighted by molar-refractivity contribution is 6.31. The third-order valence-electron chi connectivity index (χ3n) is 5.14. The van der Waals surface area contributed by atoms with Gasteiger partial charge in [0.15, 0.2) is 5.75 Å². The molecule has 0 N–H and O–H groups in total. The van der Waals surface area contributed by atoms with E-state index < -0.39 is 0 Å². The van der Waals surface area contributed by atoms with Crippen LogP contribution in [-0.2, 0) is 6.54 Å². The van der Waals surface area contributed by atoms with Crippen LogP contribution in [0.25, 0.3) is 0 Å². The van der Waals surface area contributed by atoms with E-state index in [0.717, 1.165) is 22.4 Å². The van der Waals surface area contributed by atoms with Gasteiger partial charge in [0.1, 0.15) is 5.75 Å². The Morgan fingerprint density at radius 2 is 1.59 bits per heavy atom. The highest BCUT2D eigenvalue weighted by Gasteiger charge is 2.26. The molecule has 0 saturated carbocycles. The van der Waals surface area contributed by atoms with Gasteiger partial charge in [0.05, 0.1) is 12.2 Å². The monoisotopic (exact) mass is 436 g/mol.